The molecular formula is C34H30ClN3O3S. The Morgan fingerprint density at radius 2 is 1.81 bits per heavy atom. The average Bonchev–Trinajstić information content (AvgIpc) is 3.41. The lowest BCUT2D eigenvalue weighted by molar-refractivity contribution is -0.139. The van der Waals surface area contributed by atoms with E-state index in [1.807, 2.05) is 67.6 Å². The van der Waals surface area contributed by atoms with Crippen LogP contribution in [0.2, 0.25) is 5.02 Å². The summed E-state index contributed by atoms with van der Waals surface area (Å²) in [6.45, 7) is 8.54. The first-order valence-corrected chi connectivity index (χ1v) is 15.0. The summed E-state index contributed by atoms with van der Waals surface area (Å²) in [5, 5.41) is 1.75. The minimum absolute atomic E-state index is 0.190. The predicted octanol–water partition coefficient (Wildman–Crippen LogP) is 6.07. The van der Waals surface area contributed by atoms with Gasteiger partial charge in [0.05, 0.1) is 28.5 Å². The first-order valence-electron chi connectivity index (χ1n) is 13.8. The van der Waals surface area contributed by atoms with Crippen LogP contribution in [0, 0.1) is 13.8 Å². The maximum Gasteiger partial charge on any atom is 0.338 e. The molecule has 3 heterocycles. The number of rotatable bonds is 6. The van der Waals surface area contributed by atoms with Crippen molar-refractivity contribution in [1.82, 2.24) is 9.13 Å². The lowest BCUT2D eigenvalue weighted by atomic mass is 9.95. The molecule has 0 aliphatic carbocycles. The number of allylic oxidation sites excluding steroid dienone is 1. The second-order valence-corrected chi connectivity index (χ2v) is 11.9. The zero-order valence-corrected chi connectivity index (χ0v) is 25.4. The molecule has 1 atom stereocenters. The van der Waals surface area contributed by atoms with Crippen LogP contribution in [0.25, 0.3) is 17.0 Å². The van der Waals surface area contributed by atoms with Crippen molar-refractivity contribution in [3.63, 3.8) is 0 Å². The van der Waals surface area contributed by atoms with E-state index in [-0.39, 0.29) is 12.2 Å². The minimum atomic E-state index is -0.631. The van der Waals surface area contributed by atoms with E-state index < -0.39 is 12.0 Å². The Kier molecular flexibility index (Phi) is 7.47. The van der Waals surface area contributed by atoms with Crippen molar-refractivity contribution in [3.8, 4) is 0 Å². The van der Waals surface area contributed by atoms with Crippen LogP contribution in [0.3, 0.4) is 0 Å². The van der Waals surface area contributed by atoms with Crippen LogP contribution in [0.5, 0.6) is 0 Å². The number of hydrogen-bond acceptors (Lipinski definition) is 5. The number of halogens is 1. The molecule has 0 saturated heterocycles. The van der Waals surface area contributed by atoms with Crippen LogP contribution in [0.4, 0.5) is 0 Å². The topological polar surface area (TPSA) is 65.6 Å². The summed E-state index contributed by atoms with van der Waals surface area (Å²) in [4.78, 5) is 32.6. The molecule has 6 nitrogen and oxygen atoms in total. The Morgan fingerprint density at radius 1 is 1.05 bits per heavy atom. The van der Waals surface area contributed by atoms with E-state index in [0.29, 0.717) is 32.2 Å². The molecule has 212 valence electrons. The summed E-state index contributed by atoms with van der Waals surface area (Å²) in [6.07, 6.45) is 1.96. The van der Waals surface area contributed by atoms with Gasteiger partial charge < -0.3 is 9.30 Å². The Balaban J connectivity index is 1.54. The summed E-state index contributed by atoms with van der Waals surface area (Å²) in [7, 11) is 0. The van der Waals surface area contributed by atoms with Gasteiger partial charge in [-0.2, -0.15) is 0 Å². The first kappa shape index (κ1) is 27.9. The third-order valence-corrected chi connectivity index (χ3v) is 8.91. The molecular weight excluding hydrogens is 566 g/mol. The highest BCUT2D eigenvalue weighted by Crippen LogP contribution is 2.31. The Morgan fingerprint density at radius 3 is 2.55 bits per heavy atom. The van der Waals surface area contributed by atoms with Crippen LogP contribution in [0.15, 0.2) is 93.9 Å². The molecule has 1 aliphatic rings. The van der Waals surface area contributed by atoms with Crippen molar-refractivity contribution >= 4 is 45.9 Å². The molecule has 0 radical (unpaired) electrons. The highest BCUT2D eigenvalue weighted by atomic mass is 35.5. The zero-order valence-electron chi connectivity index (χ0n) is 23.8. The second-order valence-electron chi connectivity index (χ2n) is 10.4. The Labute approximate surface area is 252 Å². The third-order valence-electron chi connectivity index (χ3n) is 7.69. The SMILES string of the molecule is CCOC(=O)C1=C(C)N=c2s/c(=C\c3c(C)n(Cc4cccc(Cl)c4)c4ccccc34)c(=O)n2[C@H]1c1ccc(C)cc1. The number of para-hydroxylation sites is 1. The maximum atomic E-state index is 14.2. The van der Waals surface area contributed by atoms with Crippen LogP contribution >= 0.6 is 22.9 Å². The zero-order chi connectivity index (χ0) is 29.5. The molecule has 2 aromatic heterocycles. The molecule has 0 saturated carbocycles. The normalized spacial score (nSPS) is 15.2. The lowest BCUT2D eigenvalue weighted by Gasteiger charge is -2.24. The van der Waals surface area contributed by atoms with Crippen molar-refractivity contribution in [2.24, 2.45) is 4.99 Å². The highest BCUT2D eigenvalue weighted by Gasteiger charge is 2.33. The number of fused-ring (bicyclic) bond motifs is 2. The number of carbonyl (C=O) groups excluding carboxylic acids is 1. The largest absolute Gasteiger partial charge is 0.463 e. The molecule has 5 aromatic rings. The van der Waals surface area contributed by atoms with Gasteiger partial charge in [0.1, 0.15) is 0 Å². The van der Waals surface area contributed by atoms with Gasteiger partial charge in [0, 0.05) is 33.7 Å². The van der Waals surface area contributed by atoms with Gasteiger partial charge in [-0.05, 0) is 63.1 Å². The van der Waals surface area contributed by atoms with Crippen LogP contribution in [-0.4, -0.2) is 21.7 Å². The molecule has 0 unspecified atom stereocenters. The van der Waals surface area contributed by atoms with E-state index in [1.54, 1.807) is 18.4 Å². The van der Waals surface area contributed by atoms with Gasteiger partial charge in [0.15, 0.2) is 4.80 Å². The van der Waals surface area contributed by atoms with Gasteiger partial charge in [0.25, 0.3) is 5.56 Å². The number of aromatic nitrogens is 2. The van der Waals surface area contributed by atoms with Crippen molar-refractivity contribution in [2.45, 2.75) is 40.3 Å². The third kappa shape index (κ3) is 4.93. The number of aryl methyl sites for hydroxylation is 1. The van der Waals surface area contributed by atoms with Gasteiger partial charge in [-0.1, -0.05) is 83.1 Å². The molecule has 0 amide bonds. The summed E-state index contributed by atoms with van der Waals surface area (Å²) >= 11 is 7.61. The van der Waals surface area contributed by atoms with Gasteiger partial charge in [-0.25, -0.2) is 9.79 Å². The fourth-order valence-corrected chi connectivity index (χ4v) is 6.89. The number of ether oxygens (including phenoxy) is 1. The van der Waals surface area contributed by atoms with Crippen LogP contribution in [-0.2, 0) is 16.1 Å². The smallest absolute Gasteiger partial charge is 0.338 e. The molecule has 0 spiro atoms. The van der Waals surface area contributed by atoms with E-state index in [9.17, 15) is 9.59 Å². The molecule has 0 fully saturated rings. The van der Waals surface area contributed by atoms with Crippen molar-refractivity contribution < 1.29 is 9.53 Å². The molecule has 0 bridgehead atoms. The summed E-state index contributed by atoms with van der Waals surface area (Å²) in [5.74, 6) is -0.460. The van der Waals surface area contributed by atoms with Gasteiger partial charge in [-0.3, -0.25) is 9.36 Å². The molecule has 6 rings (SSSR count). The van der Waals surface area contributed by atoms with Gasteiger partial charge >= 0.3 is 5.97 Å². The molecule has 0 N–H and O–H groups in total. The summed E-state index contributed by atoms with van der Waals surface area (Å²) in [6, 6.07) is 23.3. The fourth-order valence-electron chi connectivity index (χ4n) is 5.65. The second kappa shape index (κ2) is 11.2. The maximum absolute atomic E-state index is 14.2. The van der Waals surface area contributed by atoms with E-state index in [0.717, 1.165) is 38.9 Å². The average molecular weight is 596 g/mol. The van der Waals surface area contributed by atoms with E-state index in [4.69, 9.17) is 21.3 Å². The fraction of sp³-hybridized carbons (Fsp3) is 0.206. The number of carbonyl (C=O) groups is 1. The Hall–Kier alpha value is -4.20. The van der Waals surface area contributed by atoms with E-state index >= 15 is 0 Å². The number of esters is 1. The summed E-state index contributed by atoms with van der Waals surface area (Å²) in [5.41, 5.74) is 6.87. The number of nitrogens with zero attached hydrogens (tertiary/aromatic N) is 3. The van der Waals surface area contributed by atoms with Crippen LogP contribution < -0.4 is 14.9 Å². The quantitative estimate of drug-likeness (QED) is 0.224. The number of benzene rings is 3. The highest BCUT2D eigenvalue weighted by molar-refractivity contribution is 7.07. The van der Waals surface area contributed by atoms with Crippen LogP contribution in [0.1, 0.15) is 47.8 Å². The first-order chi connectivity index (χ1) is 20.3. The molecule has 42 heavy (non-hydrogen) atoms. The molecule has 8 heteroatoms. The standard InChI is InChI=1S/C34H30ClN3O3S/c1-5-41-33(40)30-21(3)36-34-38(31(30)24-15-13-20(2)14-16-24)32(39)29(42-34)18-27-22(4)37(28-12-7-6-11-26(27)28)19-23-9-8-10-25(35)17-23/h6-18,31H,5,19H2,1-4H3/b29-18-/t31-/m0/s1. The number of hydrogen-bond donors (Lipinski definition) is 0. The Bertz CT molecular complexity index is 2070. The van der Waals surface area contributed by atoms with Gasteiger partial charge in [0.2, 0.25) is 0 Å². The predicted molar refractivity (Wildman–Crippen MR) is 169 cm³/mol. The van der Waals surface area contributed by atoms with Crippen molar-refractivity contribution in [3.05, 3.63) is 137 Å². The molecule has 3 aromatic carbocycles. The van der Waals surface area contributed by atoms with Gasteiger partial charge in [-0.15, -0.1) is 0 Å². The summed E-state index contributed by atoms with van der Waals surface area (Å²) < 4.78 is 9.86. The minimum Gasteiger partial charge on any atom is -0.463 e. The van der Waals surface area contributed by atoms with E-state index in [2.05, 4.69) is 29.7 Å². The van der Waals surface area contributed by atoms with E-state index in [1.165, 1.54) is 11.3 Å². The molecule has 1 aliphatic heterocycles. The van der Waals surface area contributed by atoms with Crippen molar-refractivity contribution in [1.29, 1.82) is 0 Å². The number of thiazole rings is 1. The lowest BCUT2D eigenvalue weighted by Crippen LogP contribution is -2.39. The monoisotopic (exact) mass is 595 g/mol. The van der Waals surface area contributed by atoms with Crippen molar-refractivity contribution in [2.75, 3.05) is 6.61 Å².